The van der Waals surface area contributed by atoms with E-state index in [1.165, 1.54) is 11.3 Å². The van der Waals surface area contributed by atoms with Crippen LogP contribution >= 0.6 is 11.3 Å². The van der Waals surface area contributed by atoms with Crippen molar-refractivity contribution in [2.45, 2.75) is 44.9 Å². The number of hydrogen-bond acceptors (Lipinski definition) is 4. The van der Waals surface area contributed by atoms with E-state index in [1.54, 1.807) is 11.3 Å². The first-order valence-electron chi connectivity index (χ1n) is 8.15. The van der Waals surface area contributed by atoms with Crippen LogP contribution in [0.4, 0.5) is 5.13 Å². The third kappa shape index (κ3) is 2.24. The van der Waals surface area contributed by atoms with Crippen molar-refractivity contribution >= 4 is 28.3 Å². The molecule has 3 aliphatic carbocycles. The third-order valence-electron chi connectivity index (χ3n) is 5.58. The Kier molecular flexibility index (Phi) is 3.44. The topological polar surface area (TPSA) is 79.3 Å². The van der Waals surface area contributed by atoms with Crippen molar-refractivity contribution in [1.82, 2.24) is 4.98 Å². The highest BCUT2D eigenvalue weighted by Gasteiger charge is 2.54. The van der Waals surface area contributed by atoms with Crippen LogP contribution in [0.25, 0.3) is 0 Å². The van der Waals surface area contributed by atoms with E-state index in [0.717, 1.165) is 44.2 Å². The normalized spacial score (nSPS) is 32.7. The molecule has 0 saturated heterocycles. The van der Waals surface area contributed by atoms with Gasteiger partial charge in [-0.1, -0.05) is 0 Å². The lowest BCUT2D eigenvalue weighted by atomic mass is 9.79. The molecule has 1 aromatic rings. The second kappa shape index (κ2) is 5.33. The quantitative estimate of drug-likeness (QED) is 0.897. The molecule has 3 aliphatic rings. The van der Waals surface area contributed by atoms with Crippen molar-refractivity contribution in [3.63, 3.8) is 0 Å². The van der Waals surface area contributed by atoms with E-state index in [4.69, 9.17) is 0 Å². The highest BCUT2D eigenvalue weighted by molar-refractivity contribution is 7.15. The SMILES string of the molecule is O=C(O)[C@H]1[C@H]2CC[C@@H](C2)[C@@H]1C(=O)Nc1nc2c(s1)CCCC2. The predicted molar refractivity (Wildman–Crippen MR) is 82.8 cm³/mol. The molecular weight excluding hydrogens is 300 g/mol. The Hall–Kier alpha value is -1.43. The molecule has 1 heterocycles. The monoisotopic (exact) mass is 320 g/mol. The summed E-state index contributed by atoms with van der Waals surface area (Å²) in [5, 5.41) is 13.0. The van der Waals surface area contributed by atoms with Crippen molar-refractivity contribution < 1.29 is 14.7 Å². The number of nitrogens with one attached hydrogen (secondary N) is 1. The summed E-state index contributed by atoms with van der Waals surface area (Å²) in [6.07, 6.45) is 7.23. The minimum Gasteiger partial charge on any atom is -0.481 e. The lowest BCUT2D eigenvalue weighted by Crippen LogP contribution is -2.37. The zero-order chi connectivity index (χ0) is 15.3. The van der Waals surface area contributed by atoms with Gasteiger partial charge in [0.25, 0.3) is 0 Å². The second-order valence-corrected chi connectivity index (χ2v) is 7.89. The van der Waals surface area contributed by atoms with Crippen LogP contribution < -0.4 is 5.32 Å². The molecule has 5 nitrogen and oxygen atoms in total. The van der Waals surface area contributed by atoms with E-state index in [-0.39, 0.29) is 23.7 Å². The first-order valence-corrected chi connectivity index (χ1v) is 8.97. The Morgan fingerprint density at radius 2 is 1.86 bits per heavy atom. The summed E-state index contributed by atoms with van der Waals surface area (Å²) < 4.78 is 0. The maximum Gasteiger partial charge on any atom is 0.307 e. The number of amides is 1. The largest absolute Gasteiger partial charge is 0.481 e. The molecule has 0 aromatic carbocycles. The molecule has 22 heavy (non-hydrogen) atoms. The molecule has 2 N–H and O–H groups in total. The van der Waals surface area contributed by atoms with E-state index < -0.39 is 11.9 Å². The van der Waals surface area contributed by atoms with Gasteiger partial charge < -0.3 is 10.4 Å². The first kappa shape index (κ1) is 14.2. The molecule has 6 heteroatoms. The number of aryl methyl sites for hydroxylation is 2. The molecule has 0 radical (unpaired) electrons. The van der Waals surface area contributed by atoms with Gasteiger partial charge >= 0.3 is 5.97 Å². The molecule has 0 spiro atoms. The van der Waals surface area contributed by atoms with Gasteiger partial charge in [0.2, 0.25) is 5.91 Å². The number of anilines is 1. The van der Waals surface area contributed by atoms with Crippen molar-refractivity contribution in [2.24, 2.45) is 23.7 Å². The summed E-state index contributed by atoms with van der Waals surface area (Å²) in [6, 6.07) is 0. The number of aliphatic carboxylic acids is 1. The number of hydrogen-bond donors (Lipinski definition) is 2. The van der Waals surface area contributed by atoms with Gasteiger partial charge in [-0.3, -0.25) is 9.59 Å². The number of fused-ring (bicyclic) bond motifs is 3. The summed E-state index contributed by atoms with van der Waals surface area (Å²) in [5.74, 6) is -1.41. The number of carbonyl (C=O) groups excluding carboxylic acids is 1. The molecule has 118 valence electrons. The molecule has 4 rings (SSSR count). The van der Waals surface area contributed by atoms with Crippen molar-refractivity contribution in [2.75, 3.05) is 5.32 Å². The van der Waals surface area contributed by atoms with Gasteiger partial charge in [0.15, 0.2) is 5.13 Å². The highest BCUT2D eigenvalue weighted by atomic mass is 32.1. The predicted octanol–water partition coefficient (Wildman–Crippen LogP) is 2.71. The molecule has 2 bridgehead atoms. The molecule has 0 aliphatic heterocycles. The highest BCUT2D eigenvalue weighted by Crippen LogP contribution is 2.52. The minimum absolute atomic E-state index is 0.134. The molecule has 2 saturated carbocycles. The number of carbonyl (C=O) groups is 2. The molecule has 2 fully saturated rings. The summed E-state index contributed by atoms with van der Waals surface area (Å²) in [4.78, 5) is 30.0. The molecule has 0 unspecified atom stereocenters. The van der Waals surface area contributed by atoms with Crippen LogP contribution in [-0.4, -0.2) is 22.0 Å². The zero-order valence-electron chi connectivity index (χ0n) is 12.4. The van der Waals surface area contributed by atoms with Crippen molar-refractivity contribution in [3.8, 4) is 0 Å². The number of carboxylic acids is 1. The first-order chi connectivity index (χ1) is 10.6. The fourth-order valence-corrected chi connectivity index (χ4v) is 5.67. The minimum atomic E-state index is -0.814. The summed E-state index contributed by atoms with van der Waals surface area (Å²) >= 11 is 1.56. The maximum atomic E-state index is 12.6. The van der Waals surface area contributed by atoms with Crippen LogP contribution in [0.2, 0.25) is 0 Å². The second-order valence-electron chi connectivity index (χ2n) is 6.81. The zero-order valence-corrected chi connectivity index (χ0v) is 13.2. The van der Waals surface area contributed by atoms with E-state index in [1.807, 2.05) is 0 Å². The number of carboxylic acid groups (broad SMARTS) is 1. The van der Waals surface area contributed by atoms with Crippen LogP contribution in [0.1, 0.15) is 42.7 Å². The molecule has 1 aromatic heterocycles. The number of thiazole rings is 1. The smallest absolute Gasteiger partial charge is 0.307 e. The van der Waals surface area contributed by atoms with Gasteiger partial charge in [-0.25, -0.2) is 4.98 Å². The van der Waals surface area contributed by atoms with Gasteiger partial charge in [0.1, 0.15) is 0 Å². The van der Waals surface area contributed by atoms with E-state index in [0.29, 0.717) is 5.13 Å². The molecule has 1 amide bonds. The average molecular weight is 320 g/mol. The summed E-state index contributed by atoms with van der Waals surface area (Å²) in [5.41, 5.74) is 1.12. The van der Waals surface area contributed by atoms with Gasteiger partial charge in [-0.05, 0) is 56.8 Å². The average Bonchev–Trinajstić information content (AvgIpc) is 3.19. The van der Waals surface area contributed by atoms with Gasteiger partial charge in [-0.2, -0.15) is 0 Å². The van der Waals surface area contributed by atoms with Crippen molar-refractivity contribution in [3.05, 3.63) is 10.6 Å². The Balaban J connectivity index is 1.52. The molecular formula is C16H20N2O3S. The number of nitrogens with zero attached hydrogens (tertiary/aromatic N) is 1. The standard InChI is InChI=1S/C16H20N2O3S/c19-14(12-8-5-6-9(7-8)13(12)15(20)21)18-16-17-10-3-1-2-4-11(10)22-16/h8-9,12-13H,1-7H2,(H,20,21)(H,17,18,19)/t8-,9-,12-,13-/m0/s1. The van der Waals surface area contributed by atoms with Crippen LogP contribution in [0.15, 0.2) is 0 Å². The van der Waals surface area contributed by atoms with E-state index in [9.17, 15) is 14.7 Å². The van der Waals surface area contributed by atoms with Crippen LogP contribution in [0.3, 0.4) is 0 Å². The lowest BCUT2D eigenvalue weighted by Gasteiger charge is -2.26. The van der Waals surface area contributed by atoms with Crippen LogP contribution in [0, 0.1) is 23.7 Å². The lowest BCUT2D eigenvalue weighted by molar-refractivity contribution is -0.148. The van der Waals surface area contributed by atoms with E-state index >= 15 is 0 Å². The Morgan fingerprint density at radius 1 is 1.14 bits per heavy atom. The Morgan fingerprint density at radius 3 is 2.59 bits per heavy atom. The molecule has 4 atom stereocenters. The Labute approximate surface area is 133 Å². The summed E-state index contributed by atoms with van der Waals surface area (Å²) in [7, 11) is 0. The van der Waals surface area contributed by atoms with Crippen molar-refractivity contribution in [1.29, 1.82) is 0 Å². The number of rotatable bonds is 3. The summed E-state index contributed by atoms with van der Waals surface area (Å²) in [6.45, 7) is 0. The third-order valence-corrected chi connectivity index (χ3v) is 6.65. The fourth-order valence-electron chi connectivity index (χ4n) is 4.62. The van der Waals surface area contributed by atoms with E-state index in [2.05, 4.69) is 10.3 Å². The van der Waals surface area contributed by atoms with Gasteiger partial charge in [0.05, 0.1) is 17.5 Å². The van der Waals surface area contributed by atoms with Crippen LogP contribution in [-0.2, 0) is 22.4 Å². The maximum absolute atomic E-state index is 12.6. The van der Waals surface area contributed by atoms with Crippen LogP contribution in [0.5, 0.6) is 0 Å². The number of aromatic nitrogens is 1. The van der Waals surface area contributed by atoms with Gasteiger partial charge in [0, 0.05) is 4.88 Å². The van der Waals surface area contributed by atoms with Gasteiger partial charge in [-0.15, -0.1) is 11.3 Å². The fraction of sp³-hybridized carbons (Fsp3) is 0.688. The Bertz CT molecular complexity index is 603.